The molecule has 1 aliphatic rings. The molecule has 0 spiro atoms. The van der Waals surface area contributed by atoms with Crippen molar-refractivity contribution in [1.82, 2.24) is 25.8 Å². The van der Waals surface area contributed by atoms with Crippen molar-refractivity contribution in [3.63, 3.8) is 0 Å². The predicted molar refractivity (Wildman–Crippen MR) is 225 cm³/mol. The Bertz CT molecular complexity index is 1550. The number of aliphatic hydroxyl groups excluding tert-OH is 1. The van der Waals surface area contributed by atoms with E-state index in [0.29, 0.717) is 35.8 Å². The zero-order chi connectivity index (χ0) is 42.3. The van der Waals surface area contributed by atoms with Crippen LogP contribution in [0.2, 0.25) is 0 Å². The van der Waals surface area contributed by atoms with E-state index >= 15 is 0 Å². The van der Waals surface area contributed by atoms with Gasteiger partial charge in [-0.05, 0) is 89.0 Å². The van der Waals surface area contributed by atoms with Gasteiger partial charge in [0.1, 0.15) is 29.2 Å². The minimum absolute atomic E-state index is 0.0195. The molecule has 0 radical (unpaired) electrons. The molecule has 1 aliphatic heterocycles. The summed E-state index contributed by atoms with van der Waals surface area (Å²) >= 11 is 1.35. The molecule has 1 unspecified atom stereocenters. The molecular weight excluding hydrogens is 748 g/mol. The quantitative estimate of drug-likeness (QED) is 0.0343. The first kappa shape index (κ1) is 48.2. The lowest BCUT2D eigenvalue weighted by atomic mass is 9.84. The first-order valence-electron chi connectivity index (χ1n) is 21.1. The van der Waals surface area contributed by atoms with Gasteiger partial charge in [0, 0.05) is 37.0 Å². The molecule has 7 atom stereocenters. The number of nitrogens with two attached hydrogens (primary N) is 1. The van der Waals surface area contributed by atoms with Crippen molar-refractivity contribution in [2.75, 3.05) is 25.4 Å². The van der Waals surface area contributed by atoms with E-state index in [1.54, 1.807) is 25.3 Å². The predicted octanol–water partition coefficient (Wildman–Crippen LogP) is 7.13. The maximum atomic E-state index is 14.8. The lowest BCUT2D eigenvalue weighted by Gasteiger charge is -2.40. The van der Waals surface area contributed by atoms with Gasteiger partial charge in [-0.2, -0.15) is 0 Å². The van der Waals surface area contributed by atoms with Crippen LogP contribution in [0.25, 0.3) is 0 Å². The maximum absolute atomic E-state index is 14.8. The number of rotatable bonds is 25. The minimum Gasteiger partial charge on any atom is -0.481 e. The maximum Gasteiger partial charge on any atom is 0.309 e. The second-order valence-corrected chi connectivity index (χ2v) is 17.7. The number of carboxylic acid groups (broad SMARTS) is 1. The molecule has 2 aromatic rings. The largest absolute Gasteiger partial charge is 0.481 e. The summed E-state index contributed by atoms with van der Waals surface area (Å²) in [6.07, 6.45) is 6.60. The second-order valence-electron chi connectivity index (χ2n) is 16.8. The summed E-state index contributed by atoms with van der Waals surface area (Å²) in [5, 5.41) is 33.4. The molecule has 14 heteroatoms. The Morgan fingerprint density at radius 2 is 1.88 bits per heavy atom. The van der Waals surface area contributed by atoms with Crippen LogP contribution in [0.3, 0.4) is 0 Å². The van der Waals surface area contributed by atoms with Gasteiger partial charge in [0.2, 0.25) is 11.8 Å². The fourth-order valence-corrected chi connectivity index (χ4v) is 8.42. The summed E-state index contributed by atoms with van der Waals surface area (Å²) in [4.78, 5) is 47.2. The molecule has 2 amide bonds. The van der Waals surface area contributed by atoms with Crippen LogP contribution < -0.4 is 21.7 Å². The topological polar surface area (TPSA) is 179 Å². The van der Waals surface area contributed by atoms with Gasteiger partial charge in [-0.15, -0.1) is 11.3 Å². The number of nitrogens with zero attached hydrogens (tertiary/aromatic N) is 2. The number of nitrogens with one attached hydrogen (secondary N) is 3. The zero-order valence-electron chi connectivity index (χ0n) is 35.6. The highest BCUT2D eigenvalue weighted by atomic mass is 32.1. The number of unbranched alkanes of at least 4 members (excludes halogenated alkanes) is 3. The molecule has 3 rings (SSSR count). The van der Waals surface area contributed by atoms with Crippen LogP contribution >= 0.6 is 11.3 Å². The average Bonchev–Trinajstić information content (AvgIpc) is 3.67. The van der Waals surface area contributed by atoms with Crippen molar-refractivity contribution in [2.24, 2.45) is 17.3 Å². The van der Waals surface area contributed by atoms with Crippen molar-refractivity contribution in [3.05, 3.63) is 45.7 Å². The number of anilines is 1. The fourth-order valence-electron chi connectivity index (χ4n) is 7.52. The van der Waals surface area contributed by atoms with Gasteiger partial charge in [-0.25, -0.2) is 9.37 Å². The Morgan fingerprint density at radius 1 is 1.14 bits per heavy atom. The number of aliphatic hydroxyl groups is 1. The fraction of sp³-hybridized carbons (Fsp3) is 0.721. The molecule has 0 bridgehead atoms. The van der Waals surface area contributed by atoms with Crippen LogP contribution in [-0.2, 0) is 25.5 Å². The highest BCUT2D eigenvalue weighted by Crippen LogP contribution is 2.33. The molecule has 12 nitrogen and oxygen atoms in total. The molecule has 0 saturated carbocycles. The van der Waals surface area contributed by atoms with E-state index < -0.39 is 41.6 Å². The summed E-state index contributed by atoms with van der Waals surface area (Å²) in [6.45, 7) is 17.3. The lowest BCUT2D eigenvalue weighted by molar-refractivity contribution is -0.147. The molecular formula is C43H71FN6O6S. The lowest BCUT2D eigenvalue weighted by Crippen LogP contribution is -2.58. The number of ether oxygens (including phenoxy) is 1. The van der Waals surface area contributed by atoms with Crippen LogP contribution in [0.4, 0.5) is 10.1 Å². The second kappa shape index (κ2) is 23.4. The van der Waals surface area contributed by atoms with Gasteiger partial charge in [-0.3, -0.25) is 19.7 Å². The number of piperidine rings is 1. The van der Waals surface area contributed by atoms with Crippen molar-refractivity contribution in [1.29, 1.82) is 0 Å². The Hall–Kier alpha value is -3.17. The van der Waals surface area contributed by atoms with Gasteiger partial charge in [-0.1, -0.05) is 72.8 Å². The number of hydrogen-bond donors (Lipinski definition) is 6. The number of carboxylic acids is 1. The molecule has 0 aliphatic carbocycles. The van der Waals surface area contributed by atoms with E-state index in [1.165, 1.54) is 23.5 Å². The van der Waals surface area contributed by atoms with Crippen LogP contribution in [0.15, 0.2) is 23.6 Å². The molecule has 1 aromatic heterocycles. The third kappa shape index (κ3) is 14.6. The molecule has 2 heterocycles. The van der Waals surface area contributed by atoms with Crippen LogP contribution in [-0.4, -0.2) is 81.7 Å². The number of amides is 2. The Labute approximate surface area is 344 Å². The van der Waals surface area contributed by atoms with Crippen molar-refractivity contribution < 1.29 is 33.7 Å². The number of carbonyl (C=O) groups is 3. The van der Waals surface area contributed by atoms with Gasteiger partial charge >= 0.3 is 5.97 Å². The zero-order valence-corrected chi connectivity index (χ0v) is 36.4. The highest BCUT2D eigenvalue weighted by molar-refractivity contribution is 7.09. The van der Waals surface area contributed by atoms with E-state index in [0.717, 1.165) is 57.9 Å². The number of hydrogen-bond acceptors (Lipinski definition) is 10. The standard InChI is InChI=1S/C43H71FN6O6S/c1-9-12-13-16-21-50(41(53)37(28(6)10-2)49-38(51)33-17-14-15-20-46-33)35(27(4)5)24-36(56-11-3)40-48-34(26-57-40)39(52)47-30(25-43(7,8)42(54)55)22-29-18-19-32(45)31(44)23-29/h18-19,23,26-28,30,33,35-37,39,46-47,52H,9-17,20-22,24-25,45H2,1-8H3,(H,49,51)(H,54,55)/t28-,30-,33+,35+,36+,37-,39?/m0/s1. The minimum atomic E-state index is -1.25. The van der Waals surface area contributed by atoms with E-state index in [9.17, 15) is 29.0 Å². The van der Waals surface area contributed by atoms with E-state index in [-0.39, 0.29) is 54.3 Å². The van der Waals surface area contributed by atoms with Gasteiger partial charge < -0.3 is 36.2 Å². The number of nitrogen functional groups attached to an aromatic ring is 1. The van der Waals surface area contributed by atoms with Crippen molar-refractivity contribution in [2.45, 2.75) is 163 Å². The summed E-state index contributed by atoms with van der Waals surface area (Å²) < 4.78 is 20.7. The molecule has 1 fully saturated rings. The number of aromatic nitrogens is 1. The number of thiazole rings is 1. The van der Waals surface area contributed by atoms with Crippen molar-refractivity contribution in [3.8, 4) is 0 Å². The number of carbonyl (C=O) groups excluding carboxylic acids is 2. The van der Waals surface area contributed by atoms with Crippen LogP contribution in [0.5, 0.6) is 0 Å². The van der Waals surface area contributed by atoms with Gasteiger partial charge in [0.05, 0.1) is 22.8 Å². The summed E-state index contributed by atoms with van der Waals surface area (Å²) in [5.41, 5.74) is 5.54. The Morgan fingerprint density at radius 3 is 2.47 bits per heavy atom. The smallest absolute Gasteiger partial charge is 0.309 e. The highest BCUT2D eigenvalue weighted by Gasteiger charge is 2.38. The first-order valence-corrected chi connectivity index (χ1v) is 22.0. The number of aliphatic carboxylic acids is 1. The third-order valence-corrected chi connectivity index (χ3v) is 12.3. The molecule has 1 aromatic carbocycles. The first-order chi connectivity index (χ1) is 27.0. The summed E-state index contributed by atoms with van der Waals surface area (Å²) in [7, 11) is 0. The van der Waals surface area contributed by atoms with Gasteiger partial charge in [0.15, 0.2) is 0 Å². The van der Waals surface area contributed by atoms with Crippen LogP contribution in [0.1, 0.15) is 148 Å². The summed E-state index contributed by atoms with van der Waals surface area (Å²) in [6, 6.07) is 2.74. The summed E-state index contributed by atoms with van der Waals surface area (Å²) in [5.74, 6) is -1.76. The Balaban J connectivity index is 1.90. The number of benzene rings is 1. The van der Waals surface area contributed by atoms with E-state index in [2.05, 4.69) is 36.7 Å². The molecule has 57 heavy (non-hydrogen) atoms. The van der Waals surface area contributed by atoms with Crippen molar-refractivity contribution >= 4 is 34.8 Å². The van der Waals surface area contributed by atoms with Gasteiger partial charge in [0.25, 0.3) is 0 Å². The average molecular weight is 819 g/mol. The van der Waals surface area contributed by atoms with E-state index in [4.69, 9.17) is 15.5 Å². The Kier molecular flexibility index (Phi) is 19.8. The SMILES string of the molecule is CCCCCCN(C(=O)[C@@H](NC(=O)[C@H]1CCCCN1)[C@@H](C)CC)[C@H](C[C@@H](OCC)c1nc(C(O)N[C@@H](Cc2ccc(N)c(F)c2)CC(C)(C)C(=O)O)cs1)C(C)C. The van der Waals surface area contributed by atoms with Crippen LogP contribution in [0, 0.1) is 23.1 Å². The normalized spacial score (nSPS) is 18.1. The molecule has 322 valence electrons. The third-order valence-electron chi connectivity index (χ3n) is 11.3. The number of halogens is 1. The molecule has 1 saturated heterocycles. The molecule has 7 N–H and O–H groups in total. The van der Waals surface area contributed by atoms with E-state index in [1.807, 2.05) is 25.7 Å². The monoisotopic (exact) mass is 819 g/mol.